The number of fused-ring (bicyclic) bond motifs is 3. The summed E-state index contributed by atoms with van der Waals surface area (Å²) in [5.41, 5.74) is 5.34. The van der Waals surface area contributed by atoms with E-state index < -0.39 is 8.07 Å². The van der Waals surface area contributed by atoms with Gasteiger partial charge in [0.2, 0.25) is 0 Å². The number of aromatic nitrogens is 2. The quantitative estimate of drug-likeness (QED) is 0.138. The van der Waals surface area contributed by atoms with Gasteiger partial charge in [-0.2, -0.15) is 11.3 Å². The van der Waals surface area contributed by atoms with E-state index in [1.54, 1.807) is 6.20 Å². The van der Waals surface area contributed by atoms with E-state index in [2.05, 4.69) is 91.1 Å². The number of hydrogen-bond donors (Lipinski definition) is 0. The first-order chi connectivity index (χ1) is 17.4. The van der Waals surface area contributed by atoms with Crippen molar-refractivity contribution >= 4 is 44.8 Å². The third-order valence-electron chi connectivity index (χ3n) is 6.08. The average Bonchev–Trinajstić information content (AvgIpc) is 3.29. The van der Waals surface area contributed by atoms with Crippen molar-refractivity contribution in [2.75, 3.05) is 0 Å². The van der Waals surface area contributed by atoms with Crippen molar-refractivity contribution in [1.82, 2.24) is 9.97 Å². The van der Waals surface area contributed by atoms with Crippen molar-refractivity contribution in [3.63, 3.8) is 0 Å². The molecular formula is C32H28IrN2SSi-2. The molecule has 0 saturated carbocycles. The van der Waals surface area contributed by atoms with E-state index >= 15 is 0 Å². The maximum absolute atomic E-state index is 4.65. The fourth-order valence-electron chi connectivity index (χ4n) is 4.24. The predicted molar refractivity (Wildman–Crippen MR) is 158 cm³/mol. The van der Waals surface area contributed by atoms with Crippen LogP contribution in [0.1, 0.15) is 5.56 Å². The van der Waals surface area contributed by atoms with Crippen LogP contribution in [0.2, 0.25) is 19.6 Å². The van der Waals surface area contributed by atoms with Gasteiger partial charge in [0.25, 0.3) is 0 Å². The topological polar surface area (TPSA) is 25.8 Å². The van der Waals surface area contributed by atoms with Gasteiger partial charge in [-0.3, -0.25) is 0 Å². The normalized spacial score (nSPS) is 11.0. The maximum Gasteiger partial charge on any atom is 0.0300 e. The molecular weight excluding hydrogens is 665 g/mol. The second kappa shape index (κ2) is 11.6. The van der Waals surface area contributed by atoms with Crippen molar-refractivity contribution in [3.8, 4) is 22.5 Å². The molecule has 0 spiro atoms. The van der Waals surface area contributed by atoms with Crippen LogP contribution in [-0.4, -0.2) is 18.0 Å². The summed E-state index contributed by atoms with van der Waals surface area (Å²) in [7, 11) is -1.46. The summed E-state index contributed by atoms with van der Waals surface area (Å²) < 4.78 is 2.67. The number of nitrogens with zero attached hydrogens (tertiary/aromatic N) is 2. The third kappa shape index (κ3) is 5.97. The minimum atomic E-state index is -1.46. The van der Waals surface area contributed by atoms with E-state index in [1.807, 2.05) is 60.0 Å². The molecule has 3 aromatic heterocycles. The van der Waals surface area contributed by atoms with Crippen LogP contribution in [0.4, 0.5) is 0 Å². The van der Waals surface area contributed by atoms with Gasteiger partial charge in [0.1, 0.15) is 0 Å². The summed E-state index contributed by atoms with van der Waals surface area (Å²) >= 11 is 1.87. The van der Waals surface area contributed by atoms with Crippen molar-refractivity contribution in [3.05, 3.63) is 115 Å². The molecule has 0 saturated heterocycles. The van der Waals surface area contributed by atoms with Crippen LogP contribution >= 0.6 is 11.3 Å². The molecule has 0 amide bonds. The average molecular weight is 693 g/mol. The molecule has 37 heavy (non-hydrogen) atoms. The molecule has 3 aromatic carbocycles. The van der Waals surface area contributed by atoms with E-state index in [0.717, 1.165) is 22.5 Å². The van der Waals surface area contributed by atoms with E-state index in [-0.39, 0.29) is 20.1 Å². The van der Waals surface area contributed by atoms with Gasteiger partial charge in [0, 0.05) is 45.3 Å². The Hall–Kier alpha value is -2.95. The standard InChI is InChI=1S/C21H20NSSi.C11H8N.Ir/c1-14-9-11-17(22-13-14)15-10-12-19(24(2,3)4)20-16-7-5-6-8-18(16)23-21(15)20;1-2-6-10(7-3-1)11-8-4-5-9-12-11;/h5-9,11-13H,1-4H3;1-6,8-9H;/q2*-1;. The first kappa shape index (κ1) is 27.1. The minimum absolute atomic E-state index is 0. The Balaban J connectivity index is 0.000000208. The summed E-state index contributed by atoms with van der Waals surface area (Å²) in [4.78, 5) is 8.87. The Bertz CT molecular complexity index is 1570. The first-order valence-electron chi connectivity index (χ1n) is 12.1. The van der Waals surface area contributed by atoms with Gasteiger partial charge in [0.15, 0.2) is 0 Å². The summed E-state index contributed by atoms with van der Waals surface area (Å²) in [6.07, 6.45) is 3.73. The largest absolute Gasteiger partial charge is 0.305 e. The Morgan fingerprint density at radius 3 is 2.24 bits per heavy atom. The van der Waals surface area contributed by atoms with Crippen LogP contribution in [0.3, 0.4) is 0 Å². The number of thiophene rings is 1. The van der Waals surface area contributed by atoms with Gasteiger partial charge in [0.05, 0.1) is 0 Å². The van der Waals surface area contributed by atoms with E-state index in [9.17, 15) is 0 Å². The zero-order valence-electron chi connectivity index (χ0n) is 21.4. The molecule has 0 bridgehead atoms. The zero-order chi connectivity index (χ0) is 25.1. The molecule has 0 fully saturated rings. The van der Waals surface area contributed by atoms with Gasteiger partial charge in [-0.15, -0.1) is 58.8 Å². The summed E-state index contributed by atoms with van der Waals surface area (Å²) in [6.45, 7) is 9.30. The molecule has 0 aliphatic rings. The molecule has 6 aromatic rings. The van der Waals surface area contributed by atoms with E-state index in [1.165, 1.54) is 30.9 Å². The molecule has 6 rings (SSSR count). The summed E-state index contributed by atoms with van der Waals surface area (Å²) in [5, 5.41) is 4.29. The van der Waals surface area contributed by atoms with Gasteiger partial charge in [-0.1, -0.05) is 67.5 Å². The maximum atomic E-state index is 4.65. The van der Waals surface area contributed by atoms with Crippen molar-refractivity contribution in [2.24, 2.45) is 0 Å². The van der Waals surface area contributed by atoms with Gasteiger partial charge in [-0.25, -0.2) is 0 Å². The van der Waals surface area contributed by atoms with E-state index in [0.29, 0.717) is 0 Å². The smallest absolute Gasteiger partial charge is 0.0300 e. The molecule has 3 heterocycles. The Morgan fingerprint density at radius 2 is 1.57 bits per heavy atom. The SMILES string of the molecule is Cc1ccc(-c2[c-]cc([Si](C)(C)C)c3c2sc2ccccc23)nc1.[Ir].[c-]1ccccc1-c1ccccn1. The van der Waals surface area contributed by atoms with Crippen LogP contribution in [0.5, 0.6) is 0 Å². The molecule has 5 heteroatoms. The fourth-order valence-corrected chi connectivity index (χ4v) is 7.08. The van der Waals surface area contributed by atoms with Crippen molar-refractivity contribution in [1.29, 1.82) is 0 Å². The molecule has 0 aliphatic carbocycles. The summed E-state index contributed by atoms with van der Waals surface area (Å²) in [6, 6.07) is 35.6. The van der Waals surface area contributed by atoms with Crippen LogP contribution in [0.25, 0.3) is 42.7 Å². The minimum Gasteiger partial charge on any atom is -0.305 e. The monoisotopic (exact) mass is 693 g/mol. The van der Waals surface area contributed by atoms with Crippen LogP contribution in [-0.2, 0) is 20.1 Å². The Labute approximate surface area is 237 Å². The molecule has 0 aliphatic heterocycles. The number of rotatable bonds is 3. The molecule has 0 N–H and O–H groups in total. The van der Waals surface area contributed by atoms with Gasteiger partial charge >= 0.3 is 0 Å². The fraction of sp³-hybridized carbons (Fsp3) is 0.125. The Kier molecular flexibility index (Phi) is 8.51. The number of pyridine rings is 2. The molecule has 0 atom stereocenters. The van der Waals surface area contributed by atoms with Gasteiger partial charge < -0.3 is 9.97 Å². The zero-order valence-corrected chi connectivity index (χ0v) is 25.6. The van der Waals surface area contributed by atoms with E-state index in [4.69, 9.17) is 0 Å². The van der Waals surface area contributed by atoms with Crippen LogP contribution < -0.4 is 5.19 Å². The van der Waals surface area contributed by atoms with Crippen LogP contribution in [0.15, 0.2) is 97.3 Å². The van der Waals surface area contributed by atoms with Gasteiger partial charge in [-0.05, 0) is 46.1 Å². The summed E-state index contributed by atoms with van der Waals surface area (Å²) in [5.74, 6) is 0. The number of hydrogen-bond acceptors (Lipinski definition) is 3. The first-order valence-corrected chi connectivity index (χ1v) is 16.4. The molecule has 0 unspecified atom stereocenters. The number of benzene rings is 3. The molecule has 1 radical (unpaired) electrons. The van der Waals surface area contributed by atoms with Crippen LogP contribution in [0, 0.1) is 19.1 Å². The third-order valence-corrected chi connectivity index (χ3v) is 9.28. The Morgan fingerprint density at radius 1 is 0.784 bits per heavy atom. The number of aryl methyl sites for hydroxylation is 1. The molecule has 2 nitrogen and oxygen atoms in total. The van der Waals surface area contributed by atoms with Crippen molar-refractivity contribution < 1.29 is 20.1 Å². The second-order valence-corrected chi connectivity index (χ2v) is 15.9. The van der Waals surface area contributed by atoms with Crippen molar-refractivity contribution in [2.45, 2.75) is 26.6 Å². The predicted octanol–water partition coefficient (Wildman–Crippen LogP) is 8.32. The second-order valence-electron chi connectivity index (χ2n) is 9.84. The molecule has 187 valence electrons.